The summed E-state index contributed by atoms with van der Waals surface area (Å²) in [7, 11) is 0. The first-order valence-corrected chi connectivity index (χ1v) is 4.72. The first-order chi connectivity index (χ1) is 6.27. The molecule has 0 unspecified atom stereocenters. The third-order valence-corrected chi connectivity index (χ3v) is 2.13. The molecule has 0 aliphatic carbocycles. The van der Waals surface area contributed by atoms with Crippen LogP contribution in [0.2, 0.25) is 0 Å². The fourth-order valence-electron chi connectivity index (χ4n) is 1.52. The van der Waals surface area contributed by atoms with Crippen molar-refractivity contribution in [1.29, 1.82) is 0 Å². The molecule has 1 aliphatic rings. The van der Waals surface area contributed by atoms with E-state index in [-0.39, 0.29) is 0 Å². The highest BCUT2D eigenvalue weighted by Gasteiger charge is 2.18. The predicted molar refractivity (Wildman–Crippen MR) is 50.7 cm³/mol. The minimum Gasteiger partial charge on any atom is -0.365 e. The maximum absolute atomic E-state index is 5.24. The second kappa shape index (κ2) is 3.38. The Kier molecular flexibility index (Phi) is 2.22. The van der Waals surface area contributed by atoms with Gasteiger partial charge in [-0.05, 0) is 13.8 Å². The van der Waals surface area contributed by atoms with Gasteiger partial charge in [0.1, 0.15) is 5.76 Å². The highest BCUT2D eigenvalue weighted by molar-refractivity contribution is 5.46. The minimum absolute atomic E-state index is 0.399. The summed E-state index contributed by atoms with van der Waals surface area (Å²) in [5, 5.41) is 10.6. The average molecular weight is 181 g/mol. The Labute approximate surface area is 77.7 Å². The summed E-state index contributed by atoms with van der Waals surface area (Å²) >= 11 is 0. The van der Waals surface area contributed by atoms with Crippen LogP contribution in [0.15, 0.2) is 4.52 Å². The number of nitrogens with one attached hydrogen (secondary N) is 2. The molecule has 0 saturated carbocycles. The number of anilines is 1. The molecule has 0 bridgehead atoms. The lowest BCUT2D eigenvalue weighted by molar-refractivity contribution is 0.373. The number of hydrogen-bond donors (Lipinski definition) is 2. The number of hydrogen-bond acceptors (Lipinski definition) is 4. The van der Waals surface area contributed by atoms with Crippen LogP contribution < -0.4 is 10.6 Å². The summed E-state index contributed by atoms with van der Waals surface area (Å²) < 4.78 is 5.24. The lowest BCUT2D eigenvalue weighted by atomic mass is 10.1. The molecule has 0 spiro atoms. The highest BCUT2D eigenvalue weighted by atomic mass is 16.5. The van der Waals surface area contributed by atoms with Crippen LogP contribution in [0.3, 0.4) is 0 Å². The molecule has 0 aromatic carbocycles. The van der Waals surface area contributed by atoms with Crippen LogP contribution in [-0.4, -0.2) is 17.7 Å². The summed E-state index contributed by atoms with van der Waals surface area (Å²) in [4.78, 5) is 0. The smallest absolute Gasteiger partial charge is 0.174 e. The van der Waals surface area contributed by atoms with Crippen molar-refractivity contribution in [2.45, 2.75) is 32.9 Å². The summed E-state index contributed by atoms with van der Waals surface area (Å²) in [5.41, 5.74) is 1.19. The third-order valence-electron chi connectivity index (χ3n) is 2.13. The molecule has 13 heavy (non-hydrogen) atoms. The van der Waals surface area contributed by atoms with E-state index in [0.717, 1.165) is 31.1 Å². The van der Waals surface area contributed by atoms with Crippen molar-refractivity contribution >= 4 is 5.82 Å². The quantitative estimate of drug-likeness (QED) is 0.718. The topological polar surface area (TPSA) is 50.1 Å². The van der Waals surface area contributed by atoms with E-state index in [4.69, 9.17) is 4.52 Å². The summed E-state index contributed by atoms with van der Waals surface area (Å²) in [5.74, 6) is 1.93. The Morgan fingerprint density at radius 2 is 2.38 bits per heavy atom. The molecule has 72 valence electrons. The van der Waals surface area contributed by atoms with Gasteiger partial charge < -0.3 is 15.2 Å². The monoisotopic (exact) mass is 181 g/mol. The molecular weight excluding hydrogens is 166 g/mol. The van der Waals surface area contributed by atoms with Gasteiger partial charge in [-0.25, -0.2) is 0 Å². The van der Waals surface area contributed by atoms with Gasteiger partial charge in [-0.1, -0.05) is 5.16 Å². The maximum atomic E-state index is 5.24. The SMILES string of the molecule is CC(C)Nc1noc2c1CNCC2. The van der Waals surface area contributed by atoms with Gasteiger partial charge in [-0.2, -0.15) is 0 Å². The molecule has 0 atom stereocenters. The Balaban J connectivity index is 2.21. The normalized spacial score (nSPS) is 15.9. The predicted octanol–water partition coefficient (Wildman–Crippen LogP) is 1.14. The van der Waals surface area contributed by atoms with Crippen molar-refractivity contribution in [3.63, 3.8) is 0 Å². The molecule has 2 N–H and O–H groups in total. The average Bonchev–Trinajstić information content (AvgIpc) is 2.48. The molecule has 2 heterocycles. The molecule has 1 aromatic rings. The van der Waals surface area contributed by atoms with Gasteiger partial charge in [0.05, 0.1) is 5.56 Å². The molecular formula is C9H15N3O. The Bertz CT molecular complexity index is 293. The van der Waals surface area contributed by atoms with Crippen molar-refractivity contribution in [2.75, 3.05) is 11.9 Å². The van der Waals surface area contributed by atoms with Crippen molar-refractivity contribution in [3.05, 3.63) is 11.3 Å². The van der Waals surface area contributed by atoms with Crippen LogP contribution in [0.4, 0.5) is 5.82 Å². The first kappa shape index (κ1) is 8.56. The van der Waals surface area contributed by atoms with Gasteiger partial charge in [0.15, 0.2) is 5.82 Å². The van der Waals surface area contributed by atoms with Gasteiger partial charge in [0, 0.05) is 25.6 Å². The molecule has 0 saturated heterocycles. The summed E-state index contributed by atoms with van der Waals surface area (Å²) in [6, 6.07) is 0.399. The number of nitrogens with zero attached hydrogens (tertiary/aromatic N) is 1. The molecule has 0 fully saturated rings. The van der Waals surface area contributed by atoms with E-state index in [9.17, 15) is 0 Å². The van der Waals surface area contributed by atoms with Crippen LogP contribution in [0.1, 0.15) is 25.2 Å². The van der Waals surface area contributed by atoms with E-state index in [2.05, 4.69) is 29.6 Å². The molecule has 0 amide bonds. The van der Waals surface area contributed by atoms with E-state index in [1.54, 1.807) is 0 Å². The summed E-state index contributed by atoms with van der Waals surface area (Å²) in [6.07, 6.45) is 0.947. The molecule has 4 nitrogen and oxygen atoms in total. The summed E-state index contributed by atoms with van der Waals surface area (Å²) in [6.45, 7) is 6.05. The Hall–Kier alpha value is -1.03. The van der Waals surface area contributed by atoms with E-state index < -0.39 is 0 Å². The van der Waals surface area contributed by atoms with Crippen LogP contribution in [-0.2, 0) is 13.0 Å². The van der Waals surface area contributed by atoms with Crippen LogP contribution >= 0.6 is 0 Å². The second-order valence-electron chi connectivity index (χ2n) is 3.66. The zero-order valence-corrected chi connectivity index (χ0v) is 8.05. The van der Waals surface area contributed by atoms with Crippen molar-refractivity contribution < 1.29 is 4.52 Å². The Morgan fingerprint density at radius 3 is 3.15 bits per heavy atom. The van der Waals surface area contributed by atoms with E-state index in [1.807, 2.05) is 0 Å². The van der Waals surface area contributed by atoms with E-state index >= 15 is 0 Å². The molecule has 1 aliphatic heterocycles. The fraction of sp³-hybridized carbons (Fsp3) is 0.667. The van der Waals surface area contributed by atoms with E-state index in [0.29, 0.717) is 6.04 Å². The van der Waals surface area contributed by atoms with Gasteiger partial charge >= 0.3 is 0 Å². The number of fused-ring (bicyclic) bond motifs is 1. The molecule has 2 rings (SSSR count). The zero-order chi connectivity index (χ0) is 9.26. The fourth-order valence-corrected chi connectivity index (χ4v) is 1.52. The van der Waals surface area contributed by atoms with Gasteiger partial charge in [0.2, 0.25) is 0 Å². The highest BCUT2D eigenvalue weighted by Crippen LogP contribution is 2.22. The standard InChI is InChI=1S/C9H15N3O/c1-6(2)11-9-7-5-10-4-3-8(7)13-12-9/h6,10H,3-5H2,1-2H3,(H,11,12). The minimum atomic E-state index is 0.399. The van der Waals surface area contributed by atoms with Crippen LogP contribution in [0.25, 0.3) is 0 Å². The second-order valence-corrected chi connectivity index (χ2v) is 3.66. The third kappa shape index (κ3) is 1.67. The molecule has 1 aromatic heterocycles. The maximum Gasteiger partial charge on any atom is 0.174 e. The van der Waals surface area contributed by atoms with Crippen molar-refractivity contribution in [2.24, 2.45) is 0 Å². The molecule has 4 heteroatoms. The Morgan fingerprint density at radius 1 is 1.54 bits per heavy atom. The van der Waals surface area contributed by atoms with Crippen molar-refractivity contribution in [3.8, 4) is 0 Å². The molecule has 0 radical (unpaired) electrons. The zero-order valence-electron chi connectivity index (χ0n) is 8.05. The van der Waals surface area contributed by atoms with Gasteiger partial charge in [0.25, 0.3) is 0 Å². The van der Waals surface area contributed by atoms with Crippen LogP contribution in [0.5, 0.6) is 0 Å². The van der Waals surface area contributed by atoms with Gasteiger partial charge in [-0.15, -0.1) is 0 Å². The lowest BCUT2D eigenvalue weighted by Gasteiger charge is -2.12. The van der Waals surface area contributed by atoms with E-state index in [1.165, 1.54) is 5.56 Å². The van der Waals surface area contributed by atoms with Crippen molar-refractivity contribution in [1.82, 2.24) is 10.5 Å². The first-order valence-electron chi connectivity index (χ1n) is 4.72. The lowest BCUT2D eigenvalue weighted by Crippen LogP contribution is -2.23. The largest absolute Gasteiger partial charge is 0.365 e. The van der Waals surface area contributed by atoms with Gasteiger partial charge in [-0.3, -0.25) is 0 Å². The number of rotatable bonds is 2. The van der Waals surface area contributed by atoms with Crippen LogP contribution in [0, 0.1) is 0 Å². The number of aromatic nitrogens is 1.